The fraction of sp³-hybridized carbons (Fsp3) is 0.395. The molecule has 0 unspecified atom stereocenters. The van der Waals surface area contributed by atoms with Crippen LogP contribution < -0.4 is 15.8 Å². The maximum atomic E-state index is 14.1. The Morgan fingerprint density at radius 1 is 0.746 bits per heavy atom. The first-order valence-corrected chi connectivity index (χ1v) is 22.5. The summed E-state index contributed by atoms with van der Waals surface area (Å²) in [5.74, 6) is -0.129. The average molecular weight is 853 g/mol. The first kappa shape index (κ1) is 47.0. The molecule has 0 atom stereocenters. The van der Waals surface area contributed by atoms with Crippen molar-refractivity contribution < 1.29 is 46.5 Å². The van der Waals surface area contributed by atoms with E-state index in [4.69, 9.17) is 20.7 Å². The number of carbonyl (C=O) groups is 2. The lowest BCUT2D eigenvalue weighted by molar-refractivity contribution is 0.0980. The summed E-state index contributed by atoms with van der Waals surface area (Å²) in [4.78, 5) is 28.2. The number of aryl methyl sites for hydroxylation is 2. The van der Waals surface area contributed by atoms with Gasteiger partial charge in [-0.25, -0.2) is 16.8 Å². The minimum absolute atomic E-state index is 0.0253. The summed E-state index contributed by atoms with van der Waals surface area (Å²) in [6, 6.07) is 17.5. The number of carbonyl (C=O) groups excluding carboxylic acids is 2. The topological polar surface area (TPSA) is 217 Å². The lowest BCUT2D eigenvalue weighted by Gasteiger charge is -2.27. The van der Waals surface area contributed by atoms with Crippen molar-refractivity contribution in [3.05, 3.63) is 105 Å². The van der Waals surface area contributed by atoms with Gasteiger partial charge in [-0.2, -0.15) is 8.61 Å². The van der Waals surface area contributed by atoms with Gasteiger partial charge >= 0.3 is 0 Å². The Morgan fingerprint density at radius 2 is 1.27 bits per heavy atom. The zero-order chi connectivity index (χ0) is 44.0. The van der Waals surface area contributed by atoms with Crippen LogP contribution in [0.5, 0.6) is 11.5 Å². The SMILES string of the molecule is CCCN(CCO)S(=O)(=O)c1c(C)cc(C)c(Nc2cc(Oc3ccc(C(C)(C)C)cc3)c(N)c3c2C(=O)c2ccccc2C3=O)c1C.CS(=O)(=O)N(CCO)CCO. The molecule has 0 bridgehead atoms. The molecule has 16 heteroatoms. The smallest absolute Gasteiger partial charge is 0.243 e. The van der Waals surface area contributed by atoms with Crippen LogP contribution in [0.3, 0.4) is 0 Å². The molecule has 0 spiro atoms. The van der Waals surface area contributed by atoms with Crippen molar-refractivity contribution in [3.63, 3.8) is 0 Å². The van der Waals surface area contributed by atoms with Crippen molar-refractivity contribution in [2.24, 2.45) is 0 Å². The summed E-state index contributed by atoms with van der Waals surface area (Å²) in [5.41, 5.74) is 10.8. The average Bonchev–Trinajstić information content (AvgIpc) is 3.16. The number of nitrogens with one attached hydrogen (secondary N) is 1. The second kappa shape index (κ2) is 19.1. The van der Waals surface area contributed by atoms with Crippen molar-refractivity contribution in [1.29, 1.82) is 0 Å². The standard InChI is InChI=1S/C38H43N3O6S.C5H13NO4S/c1-8-17-41(18-19-42)48(45,46)37-23(3)20-22(2)34(24(37)4)40-29-21-30(47-26-15-13-25(14-16-26)38(5,6)7)33(39)32-31(29)35(43)27-11-9-10-12-28(27)36(32)44;1-11(9,10)6(2-4-7)3-5-8/h9-16,20-21,40,42H,8,17-19,39H2,1-7H3;7-8H,2-5H2,1H3. The van der Waals surface area contributed by atoms with Crippen LogP contribution in [0.2, 0.25) is 0 Å². The molecular formula is C43H56N4O10S2. The van der Waals surface area contributed by atoms with Crippen LogP contribution >= 0.6 is 0 Å². The third-order valence-electron chi connectivity index (χ3n) is 9.90. The number of aliphatic hydroxyl groups is 3. The van der Waals surface area contributed by atoms with Crippen LogP contribution in [0.4, 0.5) is 17.1 Å². The van der Waals surface area contributed by atoms with E-state index in [-0.39, 0.29) is 101 Å². The van der Waals surface area contributed by atoms with Gasteiger partial charge in [-0.3, -0.25) is 9.59 Å². The number of hydrogen-bond acceptors (Lipinski definition) is 12. The van der Waals surface area contributed by atoms with E-state index < -0.39 is 25.8 Å². The van der Waals surface area contributed by atoms with Crippen molar-refractivity contribution in [3.8, 4) is 11.5 Å². The van der Waals surface area contributed by atoms with Gasteiger partial charge in [0, 0.05) is 49.1 Å². The molecule has 0 saturated carbocycles. The predicted octanol–water partition coefficient (Wildman–Crippen LogP) is 5.43. The molecule has 0 amide bonds. The Bertz CT molecular complexity index is 2400. The highest BCUT2D eigenvalue weighted by atomic mass is 32.2. The van der Waals surface area contributed by atoms with Crippen LogP contribution in [0.25, 0.3) is 0 Å². The van der Waals surface area contributed by atoms with Gasteiger partial charge in [0.25, 0.3) is 0 Å². The van der Waals surface area contributed by atoms with E-state index in [9.17, 15) is 31.5 Å². The van der Waals surface area contributed by atoms with Crippen LogP contribution in [-0.4, -0.2) is 105 Å². The largest absolute Gasteiger partial charge is 0.455 e. The number of sulfonamides is 2. The Morgan fingerprint density at radius 3 is 1.76 bits per heavy atom. The molecule has 59 heavy (non-hydrogen) atoms. The quantitative estimate of drug-likeness (QED) is 0.0834. The molecule has 5 rings (SSSR count). The van der Waals surface area contributed by atoms with E-state index in [0.29, 0.717) is 29.0 Å². The molecule has 14 nitrogen and oxygen atoms in total. The number of anilines is 3. The molecule has 0 saturated heterocycles. The number of rotatable bonds is 15. The van der Waals surface area contributed by atoms with E-state index >= 15 is 0 Å². The number of ether oxygens (including phenoxy) is 1. The lowest BCUT2D eigenvalue weighted by atomic mass is 9.82. The molecule has 6 N–H and O–H groups in total. The number of benzene rings is 4. The number of ketones is 2. The first-order chi connectivity index (χ1) is 27.6. The van der Waals surface area contributed by atoms with E-state index in [0.717, 1.165) is 21.7 Å². The molecule has 1 aliphatic rings. The highest BCUT2D eigenvalue weighted by Gasteiger charge is 2.36. The summed E-state index contributed by atoms with van der Waals surface area (Å²) >= 11 is 0. The van der Waals surface area contributed by atoms with Gasteiger partial charge in [-0.1, -0.05) is 70.2 Å². The molecule has 0 radical (unpaired) electrons. The molecule has 0 aromatic heterocycles. The molecule has 320 valence electrons. The second-order valence-corrected chi connectivity index (χ2v) is 19.2. The predicted molar refractivity (Wildman–Crippen MR) is 230 cm³/mol. The first-order valence-electron chi connectivity index (χ1n) is 19.2. The summed E-state index contributed by atoms with van der Waals surface area (Å²) in [6.07, 6.45) is 1.61. The zero-order valence-corrected chi connectivity index (χ0v) is 36.6. The van der Waals surface area contributed by atoms with Crippen LogP contribution in [-0.2, 0) is 25.5 Å². The van der Waals surface area contributed by atoms with Crippen LogP contribution in [0.15, 0.2) is 65.6 Å². The zero-order valence-electron chi connectivity index (χ0n) is 34.9. The molecule has 4 aromatic rings. The number of hydrogen-bond donors (Lipinski definition) is 5. The minimum atomic E-state index is -4.00. The number of nitrogens with two attached hydrogens (primary N) is 1. The summed E-state index contributed by atoms with van der Waals surface area (Å²) in [5, 5.41) is 29.8. The Kier molecular flexibility index (Phi) is 15.3. The minimum Gasteiger partial charge on any atom is -0.455 e. The molecular weight excluding hydrogens is 797 g/mol. The fourth-order valence-electron chi connectivity index (χ4n) is 7.03. The number of nitrogens with zero attached hydrogens (tertiary/aromatic N) is 2. The summed E-state index contributed by atoms with van der Waals surface area (Å²) < 4.78 is 58.2. The molecule has 0 heterocycles. The van der Waals surface area contributed by atoms with E-state index in [1.54, 1.807) is 50.2 Å². The Labute approximate surface area is 347 Å². The van der Waals surface area contributed by atoms with Crippen molar-refractivity contribution >= 4 is 48.7 Å². The van der Waals surface area contributed by atoms with Gasteiger partial charge in [-0.05, 0) is 67.0 Å². The monoisotopic (exact) mass is 852 g/mol. The lowest BCUT2D eigenvalue weighted by Crippen LogP contribution is -2.35. The van der Waals surface area contributed by atoms with Gasteiger partial charge in [0.15, 0.2) is 17.3 Å². The van der Waals surface area contributed by atoms with Gasteiger partial charge in [-0.15, -0.1) is 0 Å². The highest BCUT2D eigenvalue weighted by molar-refractivity contribution is 7.89. The van der Waals surface area contributed by atoms with Crippen LogP contribution in [0.1, 0.15) is 88.2 Å². The molecule has 0 aliphatic heterocycles. The third kappa shape index (κ3) is 10.4. The number of aliphatic hydroxyl groups excluding tert-OH is 3. The van der Waals surface area contributed by atoms with Gasteiger partial charge < -0.3 is 31.1 Å². The van der Waals surface area contributed by atoms with E-state index in [1.807, 2.05) is 38.1 Å². The van der Waals surface area contributed by atoms with E-state index in [2.05, 4.69) is 26.1 Å². The Balaban J connectivity index is 0.000000612. The van der Waals surface area contributed by atoms with Gasteiger partial charge in [0.2, 0.25) is 20.0 Å². The highest BCUT2D eigenvalue weighted by Crippen LogP contribution is 2.44. The van der Waals surface area contributed by atoms with Gasteiger partial charge in [0.1, 0.15) is 5.75 Å². The number of nitrogen functional groups attached to an aromatic ring is 1. The summed E-state index contributed by atoms with van der Waals surface area (Å²) in [7, 11) is -7.27. The van der Waals surface area contributed by atoms with Crippen molar-refractivity contribution in [1.82, 2.24) is 8.61 Å². The third-order valence-corrected chi connectivity index (χ3v) is 13.4. The maximum Gasteiger partial charge on any atom is 0.243 e. The molecule has 4 aromatic carbocycles. The second-order valence-electron chi connectivity index (χ2n) is 15.4. The normalized spacial score (nSPS) is 12.9. The van der Waals surface area contributed by atoms with E-state index in [1.165, 1.54) is 4.31 Å². The maximum absolute atomic E-state index is 14.1. The number of fused-ring (bicyclic) bond motifs is 2. The van der Waals surface area contributed by atoms with Crippen molar-refractivity contribution in [2.75, 3.05) is 63.3 Å². The van der Waals surface area contributed by atoms with Crippen molar-refractivity contribution in [2.45, 2.75) is 65.2 Å². The van der Waals surface area contributed by atoms with Gasteiger partial charge in [0.05, 0.1) is 53.5 Å². The summed E-state index contributed by atoms with van der Waals surface area (Å²) in [6.45, 7) is 13.0. The fourth-order valence-corrected chi connectivity index (χ4v) is 9.81. The molecule has 0 fully saturated rings. The molecule has 1 aliphatic carbocycles. The Hall–Kier alpha value is -4.68. The van der Waals surface area contributed by atoms with Crippen LogP contribution in [0, 0.1) is 20.8 Å².